The number of hydrogen-bond donors (Lipinski definition) is 0. The van der Waals surface area contributed by atoms with Crippen LogP contribution in [0.1, 0.15) is 29.0 Å². The fourth-order valence-electron chi connectivity index (χ4n) is 3.21. The van der Waals surface area contributed by atoms with Gasteiger partial charge in [0.25, 0.3) is 5.69 Å². The lowest BCUT2D eigenvalue weighted by molar-refractivity contribution is -0.384. The maximum absolute atomic E-state index is 12.8. The van der Waals surface area contributed by atoms with Gasteiger partial charge in [-0.25, -0.2) is 0 Å². The van der Waals surface area contributed by atoms with Crippen LogP contribution in [-0.4, -0.2) is 17.8 Å². The van der Waals surface area contributed by atoms with Gasteiger partial charge in [-0.2, -0.15) is 8.42 Å². The van der Waals surface area contributed by atoms with E-state index in [0.29, 0.717) is 0 Å². The molecule has 0 saturated carbocycles. The van der Waals surface area contributed by atoms with Gasteiger partial charge in [-0.1, -0.05) is 70.6 Å². The molecule has 8 heteroatoms. The van der Waals surface area contributed by atoms with E-state index < -0.39 is 15.0 Å². The highest BCUT2D eigenvalue weighted by Gasteiger charge is 2.24. The Hall–Kier alpha value is -2.46. The summed E-state index contributed by atoms with van der Waals surface area (Å²) in [5, 5.41) is 10.8. The molecular weight excluding hydrogens is 517 g/mol. The van der Waals surface area contributed by atoms with E-state index in [-0.39, 0.29) is 22.3 Å². The van der Waals surface area contributed by atoms with Crippen molar-refractivity contribution in [3.8, 4) is 5.75 Å². The molecule has 0 heterocycles. The topological polar surface area (TPSA) is 86.5 Å². The summed E-state index contributed by atoms with van der Waals surface area (Å²) >= 11 is 2.31. The number of nitro benzene ring substituents is 1. The van der Waals surface area contributed by atoms with E-state index in [4.69, 9.17) is 4.18 Å². The molecule has 0 spiro atoms. The second-order valence-corrected chi connectivity index (χ2v) is 9.40. The minimum absolute atomic E-state index is 0.0231. The molecule has 0 saturated heterocycles. The van der Waals surface area contributed by atoms with Crippen molar-refractivity contribution in [2.24, 2.45) is 0 Å². The van der Waals surface area contributed by atoms with Crippen LogP contribution in [0, 0.1) is 17.0 Å². The Labute approximate surface area is 189 Å². The SMILES string of the molecule is Cc1ccc(OS(=O)(=O)c2ccc([N+](=O)[O-])cc2)c(C(CCI)c2ccccc2)c1. The van der Waals surface area contributed by atoms with Gasteiger partial charge in [0.2, 0.25) is 0 Å². The van der Waals surface area contributed by atoms with Crippen LogP contribution in [0.4, 0.5) is 5.69 Å². The van der Waals surface area contributed by atoms with Crippen molar-refractivity contribution in [2.45, 2.75) is 24.2 Å². The molecule has 0 bridgehead atoms. The lowest BCUT2D eigenvalue weighted by atomic mass is 9.88. The molecule has 3 aromatic carbocycles. The third kappa shape index (κ3) is 5.17. The van der Waals surface area contributed by atoms with Crippen LogP contribution in [-0.2, 0) is 10.1 Å². The standard InChI is InChI=1S/C22H20INO5S/c1-16-7-12-22(21(15-16)20(13-14-23)17-5-3-2-4-6-17)29-30(27,28)19-10-8-18(9-11-19)24(25)26/h2-12,15,20H,13-14H2,1H3. The minimum atomic E-state index is -4.15. The second kappa shape index (κ2) is 9.57. The van der Waals surface area contributed by atoms with Gasteiger partial charge in [0.1, 0.15) is 10.6 Å². The summed E-state index contributed by atoms with van der Waals surface area (Å²) in [4.78, 5) is 10.1. The number of aryl methyl sites for hydroxylation is 1. The molecule has 3 rings (SSSR count). The molecule has 0 radical (unpaired) electrons. The van der Waals surface area contributed by atoms with E-state index in [9.17, 15) is 18.5 Å². The molecule has 0 N–H and O–H groups in total. The van der Waals surface area contributed by atoms with Gasteiger partial charge in [-0.15, -0.1) is 0 Å². The number of hydrogen-bond acceptors (Lipinski definition) is 5. The highest BCUT2D eigenvalue weighted by Crippen LogP contribution is 2.37. The van der Waals surface area contributed by atoms with Crippen LogP contribution in [0.5, 0.6) is 5.75 Å². The first-order valence-electron chi connectivity index (χ1n) is 9.22. The van der Waals surface area contributed by atoms with Crippen molar-refractivity contribution in [3.05, 3.63) is 99.6 Å². The van der Waals surface area contributed by atoms with Gasteiger partial charge in [0, 0.05) is 28.0 Å². The average Bonchev–Trinajstić information content (AvgIpc) is 2.74. The third-order valence-electron chi connectivity index (χ3n) is 4.68. The Bertz CT molecular complexity index is 1130. The zero-order chi connectivity index (χ0) is 21.7. The quantitative estimate of drug-likeness (QED) is 0.122. The zero-order valence-corrected chi connectivity index (χ0v) is 19.2. The first-order valence-corrected chi connectivity index (χ1v) is 12.2. The van der Waals surface area contributed by atoms with Crippen LogP contribution in [0.25, 0.3) is 0 Å². The van der Waals surface area contributed by atoms with Crippen molar-refractivity contribution < 1.29 is 17.5 Å². The zero-order valence-electron chi connectivity index (χ0n) is 16.2. The van der Waals surface area contributed by atoms with Crippen molar-refractivity contribution in [1.82, 2.24) is 0 Å². The van der Waals surface area contributed by atoms with E-state index in [1.165, 1.54) is 12.1 Å². The van der Waals surface area contributed by atoms with Gasteiger partial charge >= 0.3 is 10.1 Å². The molecule has 156 valence electrons. The Morgan fingerprint density at radius 3 is 2.30 bits per heavy atom. The number of rotatable bonds is 8. The first-order chi connectivity index (χ1) is 14.3. The predicted molar refractivity (Wildman–Crippen MR) is 124 cm³/mol. The summed E-state index contributed by atoms with van der Waals surface area (Å²) in [6.45, 7) is 1.95. The first kappa shape index (κ1) is 22.2. The van der Waals surface area contributed by atoms with E-state index in [1.54, 1.807) is 12.1 Å². The van der Waals surface area contributed by atoms with Crippen LogP contribution in [0.15, 0.2) is 77.7 Å². The molecule has 1 unspecified atom stereocenters. The number of non-ortho nitro benzene ring substituents is 1. The lowest BCUT2D eigenvalue weighted by Gasteiger charge is -2.21. The number of alkyl halides is 1. The van der Waals surface area contributed by atoms with Gasteiger partial charge in [0.05, 0.1) is 4.92 Å². The van der Waals surface area contributed by atoms with Crippen LogP contribution < -0.4 is 4.18 Å². The highest BCUT2D eigenvalue weighted by atomic mass is 127. The summed E-state index contributed by atoms with van der Waals surface area (Å²) in [6.07, 6.45) is 0.821. The lowest BCUT2D eigenvalue weighted by Crippen LogP contribution is -2.13. The molecule has 1 atom stereocenters. The van der Waals surface area contributed by atoms with Crippen LogP contribution in [0.3, 0.4) is 0 Å². The fraction of sp³-hybridized carbons (Fsp3) is 0.182. The highest BCUT2D eigenvalue weighted by molar-refractivity contribution is 14.1. The molecule has 0 aromatic heterocycles. The number of benzene rings is 3. The third-order valence-corrected chi connectivity index (χ3v) is 6.55. The summed E-state index contributed by atoms with van der Waals surface area (Å²) in [5.74, 6) is 0.239. The number of nitro groups is 1. The van der Waals surface area contributed by atoms with Crippen LogP contribution in [0.2, 0.25) is 0 Å². The Kier molecular flexibility index (Phi) is 7.09. The van der Waals surface area contributed by atoms with E-state index in [0.717, 1.165) is 39.7 Å². The molecule has 6 nitrogen and oxygen atoms in total. The molecule has 30 heavy (non-hydrogen) atoms. The largest absolute Gasteiger partial charge is 0.379 e. The van der Waals surface area contributed by atoms with Crippen molar-refractivity contribution in [1.29, 1.82) is 0 Å². The normalized spacial score (nSPS) is 12.3. The van der Waals surface area contributed by atoms with Crippen LogP contribution >= 0.6 is 22.6 Å². The molecule has 0 fully saturated rings. The average molecular weight is 537 g/mol. The summed E-state index contributed by atoms with van der Waals surface area (Å²) in [5.41, 5.74) is 2.69. The molecular formula is C22H20INO5S. The van der Waals surface area contributed by atoms with Gasteiger partial charge < -0.3 is 4.18 Å². The molecule has 0 aliphatic carbocycles. The summed E-state index contributed by atoms with van der Waals surface area (Å²) in [7, 11) is -4.15. The van der Waals surface area contributed by atoms with E-state index >= 15 is 0 Å². The maximum Gasteiger partial charge on any atom is 0.339 e. The van der Waals surface area contributed by atoms with Gasteiger partial charge in [0.15, 0.2) is 0 Å². The monoisotopic (exact) mass is 537 g/mol. The Balaban J connectivity index is 2.01. The van der Waals surface area contributed by atoms with Gasteiger partial charge in [-0.3, -0.25) is 10.1 Å². The number of halogens is 1. The maximum atomic E-state index is 12.8. The molecule has 3 aromatic rings. The smallest absolute Gasteiger partial charge is 0.339 e. The van der Waals surface area contributed by atoms with Crippen molar-refractivity contribution in [2.75, 3.05) is 4.43 Å². The minimum Gasteiger partial charge on any atom is -0.379 e. The Morgan fingerprint density at radius 2 is 1.70 bits per heavy atom. The molecule has 0 aliphatic heterocycles. The summed E-state index contributed by atoms with van der Waals surface area (Å²) < 4.78 is 32.1. The van der Waals surface area contributed by atoms with E-state index in [1.807, 2.05) is 43.3 Å². The molecule has 0 aliphatic rings. The van der Waals surface area contributed by atoms with Crippen molar-refractivity contribution >= 4 is 38.4 Å². The summed E-state index contributed by atoms with van der Waals surface area (Å²) in [6, 6.07) is 20.0. The fourth-order valence-corrected chi connectivity index (χ4v) is 4.79. The van der Waals surface area contributed by atoms with E-state index in [2.05, 4.69) is 22.6 Å². The number of nitrogens with zero attached hydrogens (tertiary/aromatic N) is 1. The van der Waals surface area contributed by atoms with Crippen molar-refractivity contribution in [3.63, 3.8) is 0 Å². The molecule has 0 amide bonds. The predicted octanol–water partition coefficient (Wildman–Crippen LogP) is 5.63. The Morgan fingerprint density at radius 1 is 1.03 bits per heavy atom. The van der Waals surface area contributed by atoms with Gasteiger partial charge in [-0.05, 0) is 37.1 Å². The second-order valence-electron chi connectivity index (χ2n) is 6.77.